The van der Waals surface area contributed by atoms with Gasteiger partial charge in [-0.05, 0) is 48.5 Å². The first-order valence-corrected chi connectivity index (χ1v) is 9.61. The smallest absolute Gasteiger partial charge is 0.186 e. The zero-order chi connectivity index (χ0) is 21.0. The predicted molar refractivity (Wildman–Crippen MR) is 120 cm³/mol. The molecule has 0 saturated carbocycles. The van der Waals surface area contributed by atoms with E-state index in [0.29, 0.717) is 5.11 Å². The highest BCUT2D eigenvalue weighted by Gasteiger charge is 2.24. The van der Waals surface area contributed by atoms with Crippen molar-refractivity contribution in [3.05, 3.63) is 28.8 Å². The van der Waals surface area contributed by atoms with E-state index in [1.807, 2.05) is 19.9 Å². The van der Waals surface area contributed by atoms with E-state index in [4.69, 9.17) is 12.2 Å². The van der Waals surface area contributed by atoms with Crippen molar-refractivity contribution in [2.45, 2.75) is 72.3 Å². The van der Waals surface area contributed by atoms with E-state index < -0.39 is 0 Å². The summed E-state index contributed by atoms with van der Waals surface area (Å²) in [5, 5.41) is 18.3. The molecule has 0 saturated heterocycles. The molecule has 0 amide bonds. The van der Waals surface area contributed by atoms with E-state index in [0.717, 1.165) is 16.8 Å². The van der Waals surface area contributed by atoms with Crippen LogP contribution in [0.5, 0.6) is 5.75 Å². The summed E-state index contributed by atoms with van der Waals surface area (Å²) in [6, 6.07) is 3.97. The van der Waals surface area contributed by atoms with Gasteiger partial charge in [-0.25, -0.2) is 0 Å². The van der Waals surface area contributed by atoms with E-state index >= 15 is 0 Å². The molecule has 1 rings (SSSR count). The number of hydrogen-bond donors (Lipinski definition) is 3. The van der Waals surface area contributed by atoms with Gasteiger partial charge in [0.15, 0.2) is 5.11 Å². The number of phenols is 1. The molecule has 1 unspecified atom stereocenters. The molecular weight excluding hydrogens is 356 g/mol. The van der Waals surface area contributed by atoms with Crippen molar-refractivity contribution < 1.29 is 5.11 Å². The lowest BCUT2D eigenvalue weighted by Crippen LogP contribution is -2.30. The van der Waals surface area contributed by atoms with Crippen LogP contribution >= 0.6 is 12.2 Å². The first-order valence-electron chi connectivity index (χ1n) is 9.20. The minimum absolute atomic E-state index is 0.0218. The molecule has 0 fully saturated rings. The third-order valence-electron chi connectivity index (χ3n) is 4.42. The van der Waals surface area contributed by atoms with Gasteiger partial charge in [-0.15, -0.1) is 0 Å². The number of aliphatic imine (C=N–C) groups is 1. The fourth-order valence-corrected chi connectivity index (χ4v) is 2.39. The molecular formula is C21H34N4OS. The SMILES string of the molecule is CNC(=S)N/N=C(\C)C(C)N=Cc1cc(C(C)(C)C)cc(C(C)(C)C)c1O. The number of nitrogens with one attached hydrogen (secondary N) is 2. The van der Waals surface area contributed by atoms with Crippen molar-refractivity contribution in [2.75, 3.05) is 7.05 Å². The summed E-state index contributed by atoms with van der Waals surface area (Å²) in [5.74, 6) is 0.288. The second-order valence-electron chi connectivity index (χ2n) is 8.86. The average molecular weight is 391 g/mol. The topological polar surface area (TPSA) is 69.0 Å². The average Bonchev–Trinajstić information content (AvgIpc) is 2.55. The van der Waals surface area contributed by atoms with Gasteiger partial charge in [-0.3, -0.25) is 10.4 Å². The van der Waals surface area contributed by atoms with E-state index in [1.165, 1.54) is 5.56 Å². The molecule has 1 atom stereocenters. The maximum absolute atomic E-state index is 10.8. The van der Waals surface area contributed by atoms with Crippen LogP contribution in [0.2, 0.25) is 0 Å². The standard InChI is InChI=1S/C21H34N4OS/c1-13(14(2)24-25-19(27)22-9)23-12-15-10-16(20(3,4)5)11-17(18(15)26)21(6,7)8/h10-13,26H,1-9H3,(H2,22,25,27)/b23-12?,24-14+. The first-order chi connectivity index (χ1) is 12.3. The summed E-state index contributed by atoms with van der Waals surface area (Å²) in [7, 11) is 1.74. The fraction of sp³-hybridized carbons (Fsp3) is 0.571. The maximum Gasteiger partial charge on any atom is 0.186 e. The van der Waals surface area contributed by atoms with Crippen LogP contribution in [0.1, 0.15) is 72.1 Å². The molecule has 1 aromatic carbocycles. The minimum atomic E-state index is -0.163. The number of thiocarbonyl (C=S) groups is 1. The third-order valence-corrected chi connectivity index (χ3v) is 4.71. The van der Waals surface area contributed by atoms with Crippen molar-refractivity contribution in [3.8, 4) is 5.75 Å². The van der Waals surface area contributed by atoms with E-state index in [-0.39, 0.29) is 22.6 Å². The Morgan fingerprint density at radius 2 is 1.74 bits per heavy atom. The van der Waals surface area contributed by atoms with E-state index in [9.17, 15) is 5.11 Å². The van der Waals surface area contributed by atoms with Crippen LogP contribution in [0.3, 0.4) is 0 Å². The Bertz CT molecular complexity index is 740. The van der Waals surface area contributed by atoms with Crippen LogP contribution in [0.25, 0.3) is 0 Å². The minimum Gasteiger partial charge on any atom is -0.507 e. The van der Waals surface area contributed by atoms with Crippen molar-refractivity contribution in [1.82, 2.24) is 10.7 Å². The number of benzene rings is 1. The molecule has 0 aliphatic rings. The van der Waals surface area contributed by atoms with Gasteiger partial charge in [0.1, 0.15) is 5.75 Å². The van der Waals surface area contributed by atoms with E-state index in [2.05, 4.69) is 68.4 Å². The lowest BCUT2D eigenvalue weighted by Gasteiger charge is -2.27. The van der Waals surface area contributed by atoms with Gasteiger partial charge in [0.2, 0.25) is 0 Å². The molecule has 0 heterocycles. The van der Waals surface area contributed by atoms with Crippen LogP contribution < -0.4 is 10.7 Å². The number of aromatic hydroxyl groups is 1. The number of phenolic OH excluding ortho intramolecular Hbond substituents is 1. The first kappa shape index (κ1) is 23.1. The number of hydrogen-bond acceptors (Lipinski definition) is 4. The molecule has 150 valence electrons. The van der Waals surface area contributed by atoms with Gasteiger partial charge >= 0.3 is 0 Å². The lowest BCUT2D eigenvalue weighted by atomic mass is 9.79. The summed E-state index contributed by atoms with van der Waals surface area (Å²) in [5.41, 5.74) is 6.20. The summed E-state index contributed by atoms with van der Waals surface area (Å²) in [6.07, 6.45) is 1.74. The molecule has 3 N–H and O–H groups in total. The van der Waals surface area contributed by atoms with Crippen LogP contribution in [0.15, 0.2) is 22.2 Å². The highest BCUT2D eigenvalue weighted by molar-refractivity contribution is 7.80. The monoisotopic (exact) mass is 390 g/mol. The quantitative estimate of drug-likeness (QED) is 0.408. The van der Waals surface area contributed by atoms with Crippen molar-refractivity contribution in [2.24, 2.45) is 10.1 Å². The van der Waals surface area contributed by atoms with Crippen LogP contribution in [-0.4, -0.2) is 35.2 Å². The highest BCUT2D eigenvalue weighted by Crippen LogP contribution is 2.37. The van der Waals surface area contributed by atoms with Crippen molar-refractivity contribution in [3.63, 3.8) is 0 Å². The zero-order valence-electron chi connectivity index (χ0n) is 18.1. The van der Waals surface area contributed by atoms with E-state index in [1.54, 1.807) is 13.3 Å². The van der Waals surface area contributed by atoms with Crippen LogP contribution in [-0.2, 0) is 10.8 Å². The zero-order valence-corrected chi connectivity index (χ0v) is 18.9. The Labute approximate surface area is 169 Å². The molecule has 0 spiro atoms. The Morgan fingerprint density at radius 1 is 1.15 bits per heavy atom. The summed E-state index contributed by atoms with van der Waals surface area (Å²) >= 11 is 5.02. The molecule has 5 nitrogen and oxygen atoms in total. The molecule has 0 aromatic heterocycles. The fourth-order valence-electron chi connectivity index (χ4n) is 2.35. The molecule has 1 aromatic rings. The van der Waals surface area contributed by atoms with Gasteiger partial charge in [0.25, 0.3) is 0 Å². The summed E-state index contributed by atoms with van der Waals surface area (Å²) in [6.45, 7) is 16.7. The second kappa shape index (κ2) is 8.83. The Kier molecular flexibility index (Phi) is 7.55. The van der Waals surface area contributed by atoms with Gasteiger partial charge in [-0.1, -0.05) is 47.6 Å². The van der Waals surface area contributed by atoms with Crippen LogP contribution in [0.4, 0.5) is 0 Å². The second-order valence-corrected chi connectivity index (χ2v) is 9.27. The van der Waals surface area contributed by atoms with Crippen molar-refractivity contribution in [1.29, 1.82) is 0 Å². The number of hydrazone groups is 1. The molecule has 27 heavy (non-hydrogen) atoms. The lowest BCUT2D eigenvalue weighted by molar-refractivity contribution is 0.444. The Hall–Kier alpha value is -1.95. The van der Waals surface area contributed by atoms with Gasteiger partial charge in [0.05, 0.1) is 11.8 Å². The van der Waals surface area contributed by atoms with Gasteiger partial charge in [-0.2, -0.15) is 5.10 Å². The Morgan fingerprint density at radius 3 is 2.22 bits per heavy atom. The largest absolute Gasteiger partial charge is 0.507 e. The normalized spacial score (nSPS) is 14.3. The molecule has 0 radical (unpaired) electrons. The maximum atomic E-state index is 10.8. The Balaban J connectivity index is 3.25. The number of nitrogens with zero attached hydrogens (tertiary/aromatic N) is 2. The number of rotatable bonds is 4. The summed E-state index contributed by atoms with van der Waals surface area (Å²) < 4.78 is 0. The third kappa shape index (κ3) is 6.61. The molecule has 0 bridgehead atoms. The summed E-state index contributed by atoms with van der Waals surface area (Å²) in [4.78, 5) is 4.59. The van der Waals surface area contributed by atoms with Gasteiger partial charge < -0.3 is 10.4 Å². The van der Waals surface area contributed by atoms with Crippen molar-refractivity contribution >= 4 is 29.3 Å². The van der Waals surface area contributed by atoms with Gasteiger partial charge in [0, 0.05) is 24.4 Å². The molecule has 6 heteroatoms. The van der Waals surface area contributed by atoms with Crippen LogP contribution in [0, 0.1) is 0 Å². The molecule has 0 aliphatic heterocycles. The molecule has 0 aliphatic carbocycles. The predicted octanol–water partition coefficient (Wildman–Crippen LogP) is 4.26. The highest BCUT2D eigenvalue weighted by atomic mass is 32.1.